The van der Waals surface area contributed by atoms with Crippen LogP contribution in [0.2, 0.25) is 0 Å². The molecule has 5 nitrogen and oxygen atoms in total. The molecule has 0 bridgehead atoms. The van der Waals surface area contributed by atoms with Crippen molar-refractivity contribution < 1.29 is 13.2 Å². The molecule has 1 unspecified atom stereocenters. The quantitative estimate of drug-likeness (QED) is 0.593. The first-order valence-electron chi connectivity index (χ1n) is 6.22. The van der Waals surface area contributed by atoms with Gasteiger partial charge in [-0.15, -0.1) is 0 Å². The number of nitrogens with zero attached hydrogens (tertiary/aromatic N) is 2. The number of nitrogens with one attached hydrogen (secondary N) is 1. The average Bonchev–Trinajstić information content (AvgIpc) is 2.76. The number of rotatable bonds is 4. The number of aryl methyl sites for hydroxylation is 1. The van der Waals surface area contributed by atoms with Crippen molar-refractivity contribution in [3.8, 4) is 0 Å². The molecule has 0 saturated heterocycles. The van der Waals surface area contributed by atoms with Crippen LogP contribution >= 0.6 is 0 Å². The van der Waals surface area contributed by atoms with Crippen LogP contribution in [0, 0.1) is 0 Å². The molecule has 8 heteroatoms. The molecule has 0 saturated carbocycles. The third kappa shape index (κ3) is 3.34. The van der Waals surface area contributed by atoms with E-state index >= 15 is 0 Å². The number of anilines is 1. The molecule has 1 heterocycles. The Morgan fingerprint density at radius 1 is 1.29 bits per heavy atom. The van der Waals surface area contributed by atoms with E-state index < -0.39 is 11.7 Å². The van der Waals surface area contributed by atoms with Crippen molar-refractivity contribution in [1.82, 2.24) is 15.2 Å². The highest BCUT2D eigenvalue weighted by Gasteiger charge is 2.30. The number of nitrogen functional groups attached to an aromatic ring is 1. The third-order valence-corrected chi connectivity index (χ3v) is 3.31. The van der Waals surface area contributed by atoms with Crippen LogP contribution in [0.25, 0.3) is 0 Å². The lowest BCUT2D eigenvalue weighted by Gasteiger charge is -2.16. The van der Waals surface area contributed by atoms with Crippen LogP contribution in [-0.2, 0) is 19.6 Å². The summed E-state index contributed by atoms with van der Waals surface area (Å²) < 4.78 is 39.0. The number of halogens is 3. The number of hydrogen-bond donors (Lipinski definition) is 3. The van der Waals surface area contributed by atoms with Gasteiger partial charge in [0.25, 0.3) is 0 Å². The first-order chi connectivity index (χ1) is 9.82. The summed E-state index contributed by atoms with van der Waals surface area (Å²) in [4.78, 5) is 0. The van der Waals surface area contributed by atoms with Crippen LogP contribution in [0.5, 0.6) is 0 Å². The largest absolute Gasteiger partial charge is 0.416 e. The average molecular weight is 299 g/mol. The van der Waals surface area contributed by atoms with Gasteiger partial charge in [0.15, 0.2) is 0 Å². The van der Waals surface area contributed by atoms with Crippen LogP contribution in [0.3, 0.4) is 0 Å². The molecule has 1 aromatic heterocycles. The van der Waals surface area contributed by atoms with Crippen LogP contribution in [-0.4, -0.2) is 9.78 Å². The maximum atomic E-state index is 12.5. The summed E-state index contributed by atoms with van der Waals surface area (Å²) >= 11 is 0. The SMILES string of the molecule is Cn1ncc(C(Cc2ccc(C(F)(F)F)cc2)NN)c1N. The minimum atomic E-state index is -4.34. The summed E-state index contributed by atoms with van der Waals surface area (Å²) in [5.41, 5.74) is 9.23. The van der Waals surface area contributed by atoms with Crippen molar-refractivity contribution in [3.05, 3.63) is 47.2 Å². The second-order valence-corrected chi connectivity index (χ2v) is 4.73. The standard InChI is InChI=1S/C13H16F3N5/c1-21-12(17)10(7-19-21)11(20-18)6-8-2-4-9(5-3-8)13(14,15)16/h2-5,7,11,20H,6,17-18H2,1H3. The van der Waals surface area contributed by atoms with Crippen molar-refractivity contribution in [2.75, 3.05) is 5.73 Å². The molecular formula is C13H16F3N5. The maximum absolute atomic E-state index is 12.5. The number of alkyl halides is 3. The molecule has 2 rings (SSSR count). The fraction of sp³-hybridized carbons (Fsp3) is 0.308. The lowest BCUT2D eigenvalue weighted by molar-refractivity contribution is -0.137. The summed E-state index contributed by atoms with van der Waals surface area (Å²) in [6.07, 6.45) is -2.34. The van der Waals surface area contributed by atoms with Crippen molar-refractivity contribution >= 4 is 5.82 Å². The molecule has 1 aromatic carbocycles. The highest BCUT2D eigenvalue weighted by molar-refractivity contribution is 5.41. The molecule has 0 aliphatic heterocycles. The summed E-state index contributed by atoms with van der Waals surface area (Å²) in [6.45, 7) is 0. The molecule has 1 atom stereocenters. The Bertz CT molecular complexity index is 603. The van der Waals surface area contributed by atoms with Gasteiger partial charge in [-0.25, -0.2) is 0 Å². The van der Waals surface area contributed by atoms with Gasteiger partial charge in [-0.05, 0) is 24.1 Å². The zero-order chi connectivity index (χ0) is 15.6. The van der Waals surface area contributed by atoms with Gasteiger partial charge >= 0.3 is 6.18 Å². The first-order valence-corrected chi connectivity index (χ1v) is 6.22. The van der Waals surface area contributed by atoms with Gasteiger partial charge in [0.1, 0.15) is 5.82 Å². The van der Waals surface area contributed by atoms with Gasteiger partial charge < -0.3 is 5.73 Å². The fourth-order valence-electron chi connectivity index (χ4n) is 2.06. The molecule has 0 aliphatic carbocycles. The van der Waals surface area contributed by atoms with Crippen LogP contribution in [0.1, 0.15) is 22.7 Å². The monoisotopic (exact) mass is 299 g/mol. The van der Waals surface area contributed by atoms with Crippen LogP contribution in [0.4, 0.5) is 19.0 Å². The Kier molecular flexibility index (Phi) is 4.19. The summed E-state index contributed by atoms with van der Waals surface area (Å²) in [5.74, 6) is 5.97. The maximum Gasteiger partial charge on any atom is 0.416 e. The van der Waals surface area contributed by atoms with Crippen molar-refractivity contribution in [1.29, 1.82) is 0 Å². The zero-order valence-corrected chi connectivity index (χ0v) is 11.4. The summed E-state index contributed by atoms with van der Waals surface area (Å²) in [6, 6.07) is 4.64. The van der Waals surface area contributed by atoms with E-state index in [-0.39, 0.29) is 6.04 Å². The van der Waals surface area contributed by atoms with E-state index in [0.29, 0.717) is 23.4 Å². The minimum Gasteiger partial charge on any atom is -0.384 e. The molecule has 0 amide bonds. The van der Waals surface area contributed by atoms with E-state index in [4.69, 9.17) is 11.6 Å². The second kappa shape index (κ2) is 5.74. The van der Waals surface area contributed by atoms with Gasteiger partial charge in [0, 0.05) is 12.6 Å². The van der Waals surface area contributed by atoms with Gasteiger partial charge in [0.2, 0.25) is 0 Å². The number of aromatic nitrogens is 2. The topological polar surface area (TPSA) is 81.9 Å². The molecule has 21 heavy (non-hydrogen) atoms. The predicted octanol–water partition coefficient (Wildman–Crippen LogP) is 1.77. The predicted molar refractivity (Wildman–Crippen MR) is 72.8 cm³/mol. The number of nitrogens with two attached hydrogens (primary N) is 2. The molecule has 114 valence electrons. The van der Waals surface area contributed by atoms with E-state index in [1.165, 1.54) is 16.8 Å². The summed E-state index contributed by atoms with van der Waals surface area (Å²) in [5, 5.41) is 4.02. The Balaban J connectivity index is 2.18. The Morgan fingerprint density at radius 2 is 1.90 bits per heavy atom. The Hall–Kier alpha value is -2.06. The number of hydrazine groups is 1. The van der Waals surface area contributed by atoms with E-state index in [1.807, 2.05) is 0 Å². The fourth-order valence-corrected chi connectivity index (χ4v) is 2.06. The molecule has 0 aliphatic rings. The number of benzene rings is 1. The third-order valence-electron chi connectivity index (χ3n) is 3.31. The lowest BCUT2D eigenvalue weighted by atomic mass is 10.00. The van der Waals surface area contributed by atoms with Gasteiger partial charge in [0.05, 0.1) is 17.8 Å². The molecule has 2 aromatic rings. The molecule has 0 radical (unpaired) electrons. The zero-order valence-electron chi connectivity index (χ0n) is 11.4. The minimum absolute atomic E-state index is 0.324. The van der Waals surface area contributed by atoms with Crippen LogP contribution in [0.15, 0.2) is 30.5 Å². The van der Waals surface area contributed by atoms with Crippen molar-refractivity contribution in [3.63, 3.8) is 0 Å². The Labute approximate surface area is 119 Å². The van der Waals surface area contributed by atoms with Crippen molar-refractivity contribution in [2.24, 2.45) is 12.9 Å². The van der Waals surface area contributed by atoms with E-state index in [1.54, 1.807) is 13.2 Å². The van der Waals surface area contributed by atoms with Gasteiger partial charge in [-0.3, -0.25) is 16.0 Å². The van der Waals surface area contributed by atoms with Gasteiger partial charge in [-0.2, -0.15) is 18.3 Å². The highest BCUT2D eigenvalue weighted by atomic mass is 19.4. The molecule has 0 spiro atoms. The highest BCUT2D eigenvalue weighted by Crippen LogP contribution is 2.30. The molecule has 5 N–H and O–H groups in total. The molecular weight excluding hydrogens is 283 g/mol. The second-order valence-electron chi connectivity index (χ2n) is 4.73. The summed E-state index contributed by atoms with van der Waals surface area (Å²) in [7, 11) is 1.70. The van der Waals surface area contributed by atoms with Gasteiger partial charge in [-0.1, -0.05) is 12.1 Å². The Morgan fingerprint density at radius 3 is 2.33 bits per heavy atom. The first kappa shape index (κ1) is 15.3. The van der Waals surface area contributed by atoms with E-state index in [9.17, 15) is 13.2 Å². The van der Waals surface area contributed by atoms with Crippen molar-refractivity contribution in [2.45, 2.75) is 18.6 Å². The van der Waals surface area contributed by atoms with Crippen LogP contribution < -0.4 is 17.0 Å². The smallest absolute Gasteiger partial charge is 0.384 e. The molecule has 0 fully saturated rings. The van der Waals surface area contributed by atoms with E-state index in [0.717, 1.165) is 12.1 Å². The normalized spacial score (nSPS) is 13.4. The van der Waals surface area contributed by atoms with E-state index in [2.05, 4.69) is 10.5 Å². The lowest BCUT2D eigenvalue weighted by Crippen LogP contribution is -2.30. The number of hydrogen-bond acceptors (Lipinski definition) is 4.